The SMILES string of the molecule is Cc1ccc(C(=O)N=c2ccccn2Cc2ccccc2)cc1[N+](=O)[O-]. The van der Waals surface area contributed by atoms with Crippen molar-refractivity contribution in [3.8, 4) is 0 Å². The molecule has 0 spiro atoms. The van der Waals surface area contributed by atoms with Gasteiger partial charge in [-0.05, 0) is 30.7 Å². The lowest BCUT2D eigenvalue weighted by Crippen LogP contribution is -2.22. The molecule has 0 aliphatic carbocycles. The standard InChI is InChI=1S/C20H17N3O3/c1-15-10-11-17(13-18(15)23(25)26)20(24)21-19-9-5-6-12-22(19)14-16-7-3-2-4-8-16/h2-13H,14H2,1H3. The quantitative estimate of drug-likeness (QED) is 0.535. The van der Waals surface area contributed by atoms with Gasteiger partial charge in [0.25, 0.3) is 11.6 Å². The average Bonchev–Trinajstić information content (AvgIpc) is 2.64. The van der Waals surface area contributed by atoms with E-state index in [0.29, 0.717) is 17.6 Å². The molecule has 6 heteroatoms. The van der Waals surface area contributed by atoms with Gasteiger partial charge in [0.05, 0.1) is 4.92 Å². The van der Waals surface area contributed by atoms with Crippen molar-refractivity contribution in [1.82, 2.24) is 4.57 Å². The molecular formula is C20H17N3O3. The predicted octanol–water partition coefficient (Wildman–Crippen LogP) is 3.49. The summed E-state index contributed by atoms with van der Waals surface area (Å²) in [6, 6.07) is 19.6. The predicted molar refractivity (Wildman–Crippen MR) is 97.7 cm³/mol. The van der Waals surface area contributed by atoms with E-state index < -0.39 is 10.8 Å². The smallest absolute Gasteiger partial charge is 0.279 e. The van der Waals surface area contributed by atoms with Gasteiger partial charge in [0.15, 0.2) is 0 Å². The maximum atomic E-state index is 12.5. The molecule has 0 aliphatic rings. The molecule has 0 atom stereocenters. The number of nitro groups is 1. The molecule has 6 nitrogen and oxygen atoms in total. The topological polar surface area (TPSA) is 77.5 Å². The van der Waals surface area contributed by atoms with Crippen molar-refractivity contribution >= 4 is 11.6 Å². The molecule has 0 saturated carbocycles. The molecule has 26 heavy (non-hydrogen) atoms. The van der Waals surface area contributed by atoms with Crippen molar-refractivity contribution < 1.29 is 9.72 Å². The minimum absolute atomic E-state index is 0.0868. The van der Waals surface area contributed by atoms with Crippen LogP contribution in [-0.4, -0.2) is 15.4 Å². The molecule has 0 unspecified atom stereocenters. The fraction of sp³-hybridized carbons (Fsp3) is 0.100. The first-order chi connectivity index (χ1) is 12.5. The van der Waals surface area contributed by atoms with E-state index in [4.69, 9.17) is 0 Å². The minimum atomic E-state index is -0.513. The summed E-state index contributed by atoms with van der Waals surface area (Å²) in [5.74, 6) is -0.513. The number of hydrogen-bond acceptors (Lipinski definition) is 3. The first-order valence-electron chi connectivity index (χ1n) is 8.08. The summed E-state index contributed by atoms with van der Waals surface area (Å²) in [5.41, 5.74) is 2.18. The van der Waals surface area contributed by atoms with Gasteiger partial charge >= 0.3 is 0 Å². The first kappa shape index (κ1) is 17.3. The zero-order chi connectivity index (χ0) is 18.5. The monoisotopic (exact) mass is 347 g/mol. The van der Waals surface area contributed by atoms with Crippen LogP contribution >= 0.6 is 0 Å². The van der Waals surface area contributed by atoms with Crippen LogP contribution in [0.4, 0.5) is 5.69 Å². The number of rotatable bonds is 4. The third kappa shape index (κ3) is 3.92. The van der Waals surface area contributed by atoms with Gasteiger partial charge in [0, 0.05) is 29.9 Å². The number of benzene rings is 2. The zero-order valence-corrected chi connectivity index (χ0v) is 14.2. The Balaban J connectivity index is 1.97. The molecule has 2 aromatic carbocycles. The van der Waals surface area contributed by atoms with Crippen LogP contribution in [0.1, 0.15) is 21.5 Å². The van der Waals surface area contributed by atoms with Crippen LogP contribution < -0.4 is 5.49 Å². The Kier molecular flexibility index (Phi) is 5.03. The summed E-state index contributed by atoms with van der Waals surface area (Å²) in [6.45, 7) is 2.20. The number of amides is 1. The van der Waals surface area contributed by atoms with E-state index >= 15 is 0 Å². The van der Waals surface area contributed by atoms with E-state index in [9.17, 15) is 14.9 Å². The molecule has 0 fully saturated rings. The maximum absolute atomic E-state index is 12.5. The molecule has 0 bridgehead atoms. The van der Waals surface area contributed by atoms with Gasteiger partial charge in [-0.2, -0.15) is 4.99 Å². The summed E-state index contributed by atoms with van der Waals surface area (Å²) in [4.78, 5) is 27.2. The number of hydrogen-bond donors (Lipinski definition) is 0. The Morgan fingerprint density at radius 1 is 1.08 bits per heavy atom. The normalized spacial score (nSPS) is 11.3. The van der Waals surface area contributed by atoms with Gasteiger partial charge in [-0.25, -0.2) is 0 Å². The van der Waals surface area contributed by atoms with Crippen molar-refractivity contribution in [1.29, 1.82) is 0 Å². The van der Waals surface area contributed by atoms with Crippen molar-refractivity contribution in [2.75, 3.05) is 0 Å². The lowest BCUT2D eigenvalue weighted by atomic mass is 10.1. The van der Waals surface area contributed by atoms with E-state index in [1.165, 1.54) is 6.07 Å². The second kappa shape index (κ2) is 7.57. The van der Waals surface area contributed by atoms with Crippen LogP contribution in [0.25, 0.3) is 0 Å². The lowest BCUT2D eigenvalue weighted by Gasteiger charge is -2.07. The van der Waals surface area contributed by atoms with E-state index in [1.807, 2.05) is 47.2 Å². The highest BCUT2D eigenvalue weighted by molar-refractivity contribution is 5.95. The van der Waals surface area contributed by atoms with Crippen LogP contribution in [0.2, 0.25) is 0 Å². The van der Waals surface area contributed by atoms with Gasteiger partial charge < -0.3 is 4.57 Å². The Hall–Kier alpha value is -3.54. The second-order valence-electron chi connectivity index (χ2n) is 5.85. The number of nitrogens with zero attached hydrogens (tertiary/aromatic N) is 3. The van der Waals surface area contributed by atoms with Gasteiger partial charge in [0.2, 0.25) is 0 Å². The van der Waals surface area contributed by atoms with Crippen LogP contribution in [-0.2, 0) is 6.54 Å². The van der Waals surface area contributed by atoms with Crippen molar-refractivity contribution in [2.24, 2.45) is 4.99 Å². The van der Waals surface area contributed by atoms with Gasteiger partial charge in [-0.1, -0.05) is 42.5 Å². The lowest BCUT2D eigenvalue weighted by molar-refractivity contribution is -0.385. The highest BCUT2D eigenvalue weighted by atomic mass is 16.6. The molecule has 3 rings (SSSR count). The molecule has 1 amide bonds. The molecule has 0 aliphatic heterocycles. The van der Waals surface area contributed by atoms with Crippen LogP contribution in [0, 0.1) is 17.0 Å². The van der Waals surface area contributed by atoms with Gasteiger partial charge in [0.1, 0.15) is 5.49 Å². The Labute approximate surface area is 150 Å². The third-order valence-corrected chi connectivity index (χ3v) is 3.98. The second-order valence-corrected chi connectivity index (χ2v) is 5.85. The summed E-state index contributed by atoms with van der Waals surface area (Å²) in [5, 5.41) is 11.1. The Bertz CT molecular complexity index is 1020. The van der Waals surface area contributed by atoms with E-state index in [0.717, 1.165) is 5.56 Å². The highest BCUT2D eigenvalue weighted by Gasteiger charge is 2.14. The van der Waals surface area contributed by atoms with Gasteiger partial charge in [-0.15, -0.1) is 0 Å². The number of carbonyl (C=O) groups is 1. The highest BCUT2D eigenvalue weighted by Crippen LogP contribution is 2.19. The summed E-state index contributed by atoms with van der Waals surface area (Å²) in [7, 11) is 0. The molecule has 0 radical (unpaired) electrons. The van der Waals surface area contributed by atoms with Crippen molar-refractivity contribution in [3.05, 3.63) is 105 Å². The fourth-order valence-corrected chi connectivity index (χ4v) is 2.59. The number of aromatic nitrogens is 1. The van der Waals surface area contributed by atoms with Crippen molar-refractivity contribution in [2.45, 2.75) is 13.5 Å². The largest absolute Gasteiger partial charge is 0.328 e. The van der Waals surface area contributed by atoms with E-state index in [1.54, 1.807) is 31.2 Å². The third-order valence-electron chi connectivity index (χ3n) is 3.98. The molecule has 0 saturated heterocycles. The Morgan fingerprint density at radius 3 is 2.54 bits per heavy atom. The molecule has 1 heterocycles. The Morgan fingerprint density at radius 2 is 1.81 bits per heavy atom. The number of pyridine rings is 1. The van der Waals surface area contributed by atoms with Crippen molar-refractivity contribution in [3.63, 3.8) is 0 Å². The number of aryl methyl sites for hydroxylation is 1. The van der Waals surface area contributed by atoms with E-state index in [2.05, 4.69) is 4.99 Å². The molecule has 1 aromatic heterocycles. The average molecular weight is 347 g/mol. The summed E-state index contributed by atoms with van der Waals surface area (Å²) < 4.78 is 1.86. The van der Waals surface area contributed by atoms with E-state index in [-0.39, 0.29) is 11.3 Å². The summed E-state index contributed by atoms with van der Waals surface area (Å²) in [6.07, 6.45) is 1.84. The van der Waals surface area contributed by atoms with Crippen LogP contribution in [0.5, 0.6) is 0 Å². The van der Waals surface area contributed by atoms with Crippen LogP contribution in [0.3, 0.4) is 0 Å². The van der Waals surface area contributed by atoms with Gasteiger partial charge in [-0.3, -0.25) is 14.9 Å². The molecular weight excluding hydrogens is 330 g/mol. The molecule has 0 N–H and O–H groups in total. The summed E-state index contributed by atoms with van der Waals surface area (Å²) >= 11 is 0. The number of carbonyl (C=O) groups excluding carboxylic acids is 1. The minimum Gasteiger partial charge on any atom is -0.328 e. The van der Waals surface area contributed by atoms with Crippen LogP contribution in [0.15, 0.2) is 77.9 Å². The maximum Gasteiger partial charge on any atom is 0.279 e. The zero-order valence-electron chi connectivity index (χ0n) is 14.2. The number of nitro benzene ring substituents is 1. The molecule has 130 valence electrons. The first-order valence-corrected chi connectivity index (χ1v) is 8.08. The fourth-order valence-electron chi connectivity index (χ4n) is 2.59. The molecule has 3 aromatic rings.